The van der Waals surface area contributed by atoms with E-state index in [-0.39, 0.29) is 17.8 Å². The molecule has 0 aliphatic heterocycles. The van der Waals surface area contributed by atoms with Gasteiger partial charge in [-0.15, -0.1) is 0 Å². The van der Waals surface area contributed by atoms with Crippen molar-refractivity contribution >= 4 is 5.91 Å². The van der Waals surface area contributed by atoms with E-state index >= 15 is 0 Å². The van der Waals surface area contributed by atoms with Gasteiger partial charge in [0.1, 0.15) is 11.6 Å². The van der Waals surface area contributed by atoms with Crippen LogP contribution in [0.1, 0.15) is 31.0 Å². The Bertz CT molecular complexity index is 705. The summed E-state index contributed by atoms with van der Waals surface area (Å²) >= 11 is 0. The number of rotatable bonds is 5. The summed E-state index contributed by atoms with van der Waals surface area (Å²) < 4.78 is 18.5. The molecule has 23 heavy (non-hydrogen) atoms. The second-order valence-corrected chi connectivity index (χ2v) is 5.18. The first-order valence-corrected chi connectivity index (χ1v) is 7.22. The quantitative estimate of drug-likeness (QED) is 0.921. The van der Waals surface area contributed by atoms with Crippen LogP contribution in [0.25, 0.3) is 0 Å². The molecule has 0 aliphatic carbocycles. The van der Waals surface area contributed by atoms with Gasteiger partial charge in [-0.05, 0) is 55.8 Å². The maximum absolute atomic E-state index is 12.9. The van der Waals surface area contributed by atoms with Gasteiger partial charge in [-0.3, -0.25) is 4.79 Å². The predicted molar refractivity (Wildman–Crippen MR) is 84.2 cm³/mol. The first-order chi connectivity index (χ1) is 11.0. The number of carbonyl (C=O) groups excluding carboxylic acids is 1. The van der Waals surface area contributed by atoms with Gasteiger partial charge in [0.25, 0.3) is 5.91 Å². The van der Waals surface area contributed by atoms with E-state index in [2.05, 4.69) is 5.32 Å². The standard InChI is InChI=1S/C18H17FN2O2/c1-12(15-5-7-16(19)8-6-15)21-18(22)13(2)23-17-9-3-14(11-20)4-10-17/h3-10,12-13H,1-2H3,(H,21,22). The van der Waals surface area contributed by atoms with Crippen molar-refractivity contribution in [1.82, 2.24) is 5.32 Å². The van der Waals surface area contributed by atoms with Gasteiger partial charge in [-0.2, -0.15) is 5.26 Å². The van der Waals surface area contributed by atoms with Crippen LogP contribution in [0.5, 0.6) is 5.75 Å². The van der Waals surface area contributed by atoms with E-state index < -0.39 is 6.10 Å². The van der Waals surface area contributed by atoms with E-state index in [0.717, 1.165) is 5.56 Å². The normalized spacial score (nSPS) is 12.8. The number of halogens is 1. The van der Waals surface area contributed by atoms with Crippen molar-refractivity contribution in [2.45, 2.75) is 26.0 Å². The van der Waals surface area contributed by atoms with Gasteiger partial charge in [0.15, 0.2) is 6.10 Å². The van der Waals surface area contributed by atoms with Crippen molar-refractivity contribution in [2.24, 2.45) is 0 Å². The zero-order valence-electron chi connectivity index (χ0n) is 12.9. The number of ether oxygens (including phenoxy) is 1. The van der Waals surface area contributed by atoms with Crippen LogP contribution >= 0.6 is 0 Å². The largest absolute Gasteiger partial charge is 0.481 e. The number of nitrogens with zero attached hydrogens (tertiary/aromatic N) is 1. The highest BCUT2D eigenvalue weighted by Gasteiger charge is 2.17. The van der Waals surface area contributed by atoms with E-state index in [4.69, 9.17) is 10.00 Å². The summed E-state index contributed by atoms with van der Waals surface area (Å²) in [6.45, 7) is 3.46. The van der Waals surface area contributed by atoms with Gasteiger partial charge in [0, 0.05) is 0 Å². The Morgan fingerprint density at radius 3 is 2.30 bits per heavy atom. The lowest BCUT2D eigenvalue weighted by Crippen LogP contribution is -2.37. The molecule has 0 heterocycles. The van der Waals surface area contributed by atoms with Crippen LogP contribution in [0, 0.1) is 17.1 Å². The molecular formula is C18H17FN2O2. The Hall–Kier alpha value is -2.87. The maximum Gasteiger partial charge on any atom is 0.261 e. The molecule has 0 spiro atoms. The molecule has 0 aliphatic rings. The number of amides is 1. The number of nitriles is 1. The highest BCUT2D eigenvalue weighted by atomic mass is 19.1. The molecule has 1 amide bonds. The average Bonchev–Trinajstić information content (AvgIpc) is 2.56. The van der Waals surface area contributed by atoms with Crippen LogP contribution in [-0.2, 0) is 4.79 Å². The second-order valence-electron chi connectivity index (χ2n) is 5.18. The molecule has 0 radical (unpaired) electrons. The highest BCUT2D eigenvalue weighted by Crippen LogP contribution is 2.16. The number of benzene rings is 2. The summed E-state index contributed by atoms with van der Waals surface area (Å²) in [5.74, 6) is -0.0722. The Kier molecular flexibility index (Phi) is 5.32. The summed E-state index contributed by atoms with van der Waals surface area (Å²) in [7, 11) is 0. The molecule has 2 aromatic rings. The summed E-state index contributed by atoms with van der Waals surface area (Å²) in [4.78, 5) is 12.2. The molecular weight excluding hydrogens is 295 g/mol. The monoisotopic (exact) mass is 312 g/mol. The van der Waals surface area contributed by atoms with Gasteiger partial charge in [0.2, 0.25) is 0 Å². The first kappa shape index (κ1) is 16.5. The fraction of sp³-hybridized carbons (Fsp3) is 0.222. The van der Waals surface area contributed by atoms with Gasteiger partial charge in [0.05, 0.1) is 17.7 Å². The van der Waals surface area contributed by atoms with Gasteiger partial charge in [-0.25, -0.2) is 4.39 Å². The molecule has 118 valence electrons. The number of carbonyl (C=O) groups is 1. The third kappa shape index (κ3) is 4.55. The van der Waals surface area contributed by atoms with Crippen LogP contribution in [0.2, 0.25) is 0 Å². The smallest absolute Gasteiger partial charge is 0.261 e. The topological polar surface area (TPSA) is 62.1 Å². The maximum atomic E-state index is 12.9. The zero-order valence-corrected chi connectivity index (χ0v) is 12.9. The zero-order chi connectivity index (χ0) is 16.8. The molecule has 0 fully saturated rings. The molecule has 2 atom stereocenters. The third-order valence-electron chi connectivity index (χ3n) is 3.39. The van der Waals surface area contributed by atoms with E-state index in [1.165, 1.54) is 12.1 Å². The Labute approximate surface area is 134 Å². The predicted octanol–water partition coefficient (Wildman–Crippen LogP) is 3.34. The first-order valence-electron chi connectivity index (χ1n) is 7.22. The molecule has 2 aromatic carbocycles. The van der Waals surface area contributed by atoms with Crippen LogP contribution in [0.3, 0.4) is 0 Å². The Morgan fingerprint density at radius 1 is 1.13 bits per heavy atom. The van der Waals surface area contributed by atoms with Crippen molar-refractivity contribution in [3.8, 4) is 11.8 Å². The second kappa shape index (κ2) is 7.41. The minimum atomic E-state index is -0.689. The van der Waals surface area contributed by atoms with E-state index in [1.54, 1.807) is 43.3 Å². The van der Waals surface area contributed by atoms with Crippen molar-refractivity contribution in [2.75, 3.05) is 0 Å². The molecule has 0 saturated carbocycles. The summed E-state index contributed by atoms with van der Waals surface area (Å²) in [5.41, 5.74) is 1.34. The molecule has 0 aromatic heterocycles. The minimum absolute atomic E-state index is 0.255. The SMILES string of the molecule is CC(Oc1ccc(C#N)cc1)C(=O)NC(C)c1ccc(F)cc1. The molecule has 2 unspecified atom stereocenters. The van der Waals surface area contributed by atoms with Crippen molar-refractivity contribution in [3.05, 3.63) is 65.5 Å². The van der Waals surface area contributed by atoms with Crippen LogP contribution in [0.4, 0.5) is 4.39 Å². The van der Waals surface area contributed by atoms with Crippen LogP contribution < -0.4 is 10.1 Å². The fourth-order valence-corrected chi connectivity index (χ4v) is 2.03. The van der Waals surface area contributed by atoms with Crippen molar-refractivity contribution in [3.63, 3.8) is 0 Å². The van der Waals surface area contributed by atoms with Crippen molar-refractivity contribution in [1.29, 1.82) is 5.26 Å². The van der Waals surface area contributed by atoms with E-state index in [1.807, 2.05) is 13.0 Å². The summed E-state index contributed by atoms with van der Waals surface area (Å²) in [6.07, 6.45) is -0.689. The number of hydrogen-bond acceptors (Lipinski definition) is 3. The lowest BCUT2D eigenvalue weighted by molar-refractivity contribution is -0.127. The highest BCUT2D eigenvalue weighted by molar-refractivity contribution is 5.81. The van der Waals surface area contributed by atoms with E-state index in [0.29, 0.717) is 11.3 Å². The minimum Gasteiger partial charge on any atom is -0.481 e. The van der Waals surface area contributed by atoms with Gasteiger partial charge < -0.3 is 10.1 Å². The number of nitrogens with one attached hydrogen (secondary N) is 1. The van der Waals surface area contributed by atoms with Crippen molar-refractivity contribution < 1.29 is 13.9 Å². The lowest BCUT2D eigenvalue weighted by atomic mass is 10.1. The molecule has 2 rings (SSSR count). The van der Waals surface area contributed by atoms with Crippen LogP contribution in [-0.4, -0.2) is 12.0 Å². The average molecular weight is 312 g/mol. The number of hydrogen-bond donors (Lipinski definition) is 1. The van der Waals surface area contributed by atoms with Gasteiger partial charge >= 0.3 is 0 Å². The Balaban J connectivity index is 1.93. The molecule has 5 heteroatoms. The summed E-state index contributed by atoms with van der Waals surface area (Å²) in [5, 5.41) is 11.6. The molecule has 0 saturated heterocycles. The van der Waals surface area contributed by atoms with Gasteiger partial charge in [-0.1, -0.05) is 12.1 Å². The van der Waals surface area contributed by atoms with Crippen LogP contribution in [0.15, 0.2) is 48.5 Å². The third-order valence-corrected chi connectivity index (χ3v) is 3.39. The molecule has 4 nitrogen and oxygen atoms in total. The van der Waals surface area contributed by atoms with E-state index in [9.17, 15) is 9.18 Å². The molecule has 0 bridgehead atoms. The fourth-order valence-electron chi connectivity index (χ4n) is 2.03. The Morgan fingerprint density at radius 2 is 1.74 bits per heavy atom. The lowest BCUT2D eigenvalue weighted by Gasteiger charge is -2.19. The summed E-state index contributed by atoms with van der Waals surface area (Å²) in [6, 6.07) is 14.3. The molecule has 1 N–H and O–H groups in total.